The van der Waals surface area contributed by atoms with Gasteiger partial charge in [0, 0.05) is 22.8 Å². The Bertz CT molecular complexity index is 831. The Morgan fingerprint density at radius 2 is 2.07 bits per heavy atom. The highest BCUT2D eigenvalue weighted by Gasteiger charge is 2.31. The number of benzene rings is 1. The van der Waals surface area contributed by atoms with E-state index in [2.05, 4.69) is 5.32 Å². The van der Waals surface area contributed by atoms with Gasteiger partial charge in [-0.15, -0.1) is 11.3 Å². The molecule has 0 spiro atoms. The van der Waals surface area contributed by atoms with Crippen LogP contribution < -0.4 is 5.32 Å². The van der Waals surface area contributed by atoms with Crippen molar-refractivity contribution in [2.75, 3.05) is 40.3 Å². The van der Waals surface area contributed by atoms with Crippen molar-refractivity contribution in [3.63, 3.8) is 0 Å². The van der Waals surface area contributed by atoms with Gasteiger partial charge in [0.1, 0.15) is 6.10 Å². The molecule has 1 aromatic heterocycles. The van der Waals surface area contributed by atoms with Gasteiger partial charge < -0.3 is 19.9 Å². The van der Waals surface area contributed by atoms with Crippen LogP contribution in [-0.2, 0) is 9.53 Å². The topological polar surface area (TPSA) is 61.9 Å². The molecule has 0 radical (unpaired) electrons. The average molecular weight is 390 g/mol. The van der Waals surface area contributed by atoms with Crippen LogP contribution in [0.15, 0.2) is 24.3 Å². The van der Waals surface area contributed by atoms with E-state index in [9.17, 15) is 9.59 Å². The van der Waals surface area contributed by atoms with E-state index >= 15 is 0 Å². The molecule has 1 aliphatic rings. The highest BCUT2D eigenvalue weighted by molar-refractivity contribution is 7.21. The molecule has 2 amide bonds. The van der Waals surface area contributed by atoms with Gasteiger partial charge in [-0.1, -0.05) is 18.2 Å². The Morgan fingerprint density at radius 1 is 1.33 bits per heavy atom. The van der Waals surface area contributed by atoms with Crippen molar-refractivity contribution < 1.29 is 14.3 Å². The van der Waals surface area contributed by atoms with Crippen molar-refractivity contribution in [2.45, 2.75) is 26.0 Å². The summed E-state index contributed by atoms with van der Waals surface area (Å²) in [7, 11) is 3.77. The minimum Gasteiger partial charge on any atom is -0.370 e. The van der Waals surface area contributed by atoms with Crippen LogP contribution in [0.3, 0.4) is 0 Å². The lowest BCUT2D eigenvalue weighted by atomic mass is 10.0. The number of hydrogen-bond donors (Lipinski definition) is 1. The van der Waals surface area contributed by atoms with Crippen molar-refractivity contribution in [1.29, 1.82) is 0 Å². The van der Waals surface area contributed by atoms with Gasteiger partial charge in [0.25, 0.3) is 5.91 Å². The van der Waals surface area contributed by atoms with Gasteiger partial charge in [-0.2, -0.15) is 0 Å². The predicted molar refractivity (Wildman–Crippen MR) is 108 cm³/mol. The molecule has 1 fully saturated rings. The molecule has 0 bridgehead atoms. The maximum atomic E-state index is 12.8. The Morgan fingerprint density at radius 3 is 2.78 bits per heavy atom. The average Bonchev–Trinajstić information content (AvgIpc) is 3.00. The van der Waals surface area contributed by atoms with Crippen LogP contribution in [-0.4, -0.2) is 68.0 Å². The number of hydrogen-bond acceptors (Lipinski definition) is 5. The van der Waals surface area contributed by atoms with Gasteiger partial charge in [-0.3, -0.25) is 9.59 Å². The third-order valence-corrected chi connectivity index (χ3v) is 5.64. The summed E-state index contributed by atoms with van der Waals surface area (Å²) in [4.78, 5) is 29.7. The second-order valence-corrected chi connectivity index (χ2v) is 8.46. The minimum atomic E-state index is -0.297. The van der Waals surface area contributed by atoms with Gasteiger partial charge in [-0.25, -0.2) is 0 Å². The molecule has 2 aromatic rings. The maximum absolute atomic E-state index is 12.8. The van der Waals surface area contributed by atoms with Gasteiger partial charge >= 0.3 is 0 Å². The fourth-order valence-electron chi connectivity index (χ4n) is 3.30. The van der Waals surface area contributed by atoms with Crippen molar-refractivity contribution in [3.05, 3.63) is 34.7 Å². The molecule has 1 N–H and O–H groups in total. The number of likely N-dealkylation sites (N-methyl/N-ethyl adjacent to an activating group) is 1. The molecule has 7 heteroatoms. The van der Waals surface area contributed by atoms with E-state index in [0.717, 1.165) is 15.6 Å². The number of nitrogens with zero attached hydrogens (tertiary/aromatic N) is 2. The van der Waals surface area contributed by atoms with Crippen LogP contribution in [0.1, 0.15) is 35.2 Å². The fraction of sp³-hybridized carbons (Fsp3) is 0.500. The third-order valence-electron chi connectivity index (χ3n) is 4.45. The summed E-state index contributed by atoms with van der Waals surface area (Å²) in [5, 5.41) is 4.02. The lowest BCUT2D eigenvalue weighted by molar-refractivity contribution is -0.139. The van der Waals surface area contributed by atoms with E-state index in [0.29, 0.717) is 31.1 Å². The molecule has 1 aromatic carbocycles. The highest BCUT2D eigenvalue weighted by Crippen LogP contribution is 2.38. The van der Waals surface area contributed by atoms with Gasteiger partial charge in [-0.05, 0) is 39.4 Å². The van der Waals surface area contributed by atoms with E-state index in [1.54, 1.807) is 0 Å². The Balaban J connectivity index is 1.94. The highest BCUT2D eigenvalue weighted by atomic mass is 32.1. The second-order valence-electron chi connectivity index (χ2n) is 7.41. The Hall–Kier alpha value is -1.96. The Labute approximate surface area is 164 Å². The molecule has 3 rings (SSSR count). The molecule has 1 atom stereocenters. The number of nitrogens with one attached hydrogen (secondary N) is 1. The van der Waals surface area contributed by atoms with E-state index in [-0.39, 0.29) is 24.0 Å². The molecule has 0 aliphatic carbocycles. The van der Waals surface area contributed by atoms with Gasteiger partial charge in [0.05, 0.1) is 24.6 Å². The van der Waals surface area contributed by atoms with Crippen LogP contribution >= 0.6 is 11.3 Å². The normalized spacial score (nSPS) is 17.7. The van der Waals surface area contributed by atoms with Crippen LogP contribution in [0.4, 0.5) is 0 Å². The lowest BCUT2D eigenvalue weighted by Crippen LogP contribution is -2.45. The molecule has 146 valence electrons. The molecule has 6 nitrogen and oxygen atoms in total. The predicted octanol–water partition coefficient (Wildman–Crippen LogP) is 2.50. The number of thiophene rings is 1. The maximum Gasteiger partial charge on any atom is 0.261 e. The van der Waals surface area contributed by atoms with Crippen LogP contribution in [0.2, 0.25) is 0 Å². The van der Waals surface area contributed by atoms with Crippen molar-refractivity contribution >= 4 is 33.2 Å². The number of fused-ring (bicyclic) bond motifs is 1. The first-order valence-electron chi connectivity index (χ1n) is 9.23. The van der Waals surface area contributed by atoms with Gasteiger partial charge in [0.2, 0.25) is 5.91 Å². The first kappa shape index (κ1) is 19.8. The standard InChI is InChI=1S/C20H27N3O3S/c1-13(2)21-20(25)19-18(14-7-5-6-8-16(14)27-19)15-11-23(9-10-26-15)17(24)12-22(3)4/h5-8,13,15H,9-12H2,1-4H3,(H,21,25). The molecule has 1 aliphatic heterocycles. The zero-order chi connectivity index (χ0) is 19.6. The summed E-state index contributed by atoms with van der Waals surface area (Å²) in [6.45, 7) is 5.79. The summed E-state index contributed by atoms with van der Waals surface area (Å²) >= 11 is 1.48. The van der Waals surface area contributed by atoms with Crippen molar-refractivity contribution in [1.82, 2.24) is 15.1 Å². The fourth-order valence-corrected chi connectivity index (χ4v) is 4.46. The number of amides is 2. The number of carbonyl (C=O) groups excluding carboxylic acids is 2. The lowest BCUT2D eigenvalue weighted by Gasteiger charge is -2.34. The summed E-state index contributed by atoms with van der Waals surface area (Å²) in [6, 6.07) is 8.05. The number of morpholine rings is 1. The smallest absolute Gasteiger partial charge is 0.261 e. The van der Waals surface area contributed by atoms with E-state index in [1.807, 2.05) is 62.0 Å². The SMILES string of the molecule is CC(C)NC(=O)c1sc2ccccc2c1C1CN(C(=O)CN(C)C)CCO1. The van der Waals surface area contributed by atoms with Crippen molar-refractivity contribution in [2.24, 2.45) is 0 Å². The molecule has 1 saturated heterocycles. The summed E-state index contributed by atoms with van der Waals surface area (Å²) < 4.78 is 7.09. The quantitative estimate of drug-likeness (QED) is 0.854. The second kappa shape index (κ2) is 8.37. The third kappa shape index (κ3) is 4.48. The molecule has 2 heterocycles. The molecular formula is C20H27N3O3S. The first-order chi connectivity index (χ1) is 12.9. The number of carbonyl (C=O) groups is 2. The molecule has 0 saturated carbocycles. The van der Waals surface area contributed by atoms with Crippen LogP contribution in [0.25, 0.3) is 10.1 Å². The largest absolute Gasteiger partial charge is 0.370 e. The van der Waals surface area contributed by atoms with E-state index in [1.165, 1.54) is 11.3 Å². The molecule has 1 unspecified atom stereocenters. The summed E-state index contributed by atoms with van der Waals surface area (Å²) in [5.41, 5.74) is 0.899. The zero-order valence-electron chi connectivity index (χ0n) is 16.3. The number of ether oxygens (including phenoxy) is 1. The van der Waals surface area contributed by atoms with E-state index < -0.39 is 0 Å². The summed E-state index contributed by atoms with van der Waals surface area (Å²) in [6.07, 6.45) is -0.297. The Kier molecular flexibility index (Phi) is 6.14. The van der Waals surface area contributed by atoms with Gasteiger partial charge in [0.15, 0.2) is 0 Å². The molecule has 27 heavy (non-hydrogen) atoms. The van der Waals surface area contributed by atoms with E-state index in [4.69, 9.17) is 4.74 Å². The zero-order valence-corrected chi connectivity index (χ0v) is 17.1. The van der Waals surface area contributed by atoms with Crippen molar-refractivity contribution in [3.8, 4) is 0 Å². The molecular weight excluding hydrogens is 362 g/mol. The summed E-state index contributed by atoms with van der Waals surface area (Å²) in [5.74, 6) is 0.00237. The number of rotatable bonds is 5. The monoisotopic (exact) mass is 389 g/mol. The first-order valence-corrected chi connectivity index (χ1v) is 10.0. The minimum absolute atomic E-state index is 0.0565. The van der Waals surface area contributed by atoms with Crippen LogP contribution in [0, 0.1) is 0 Å². The van der Waals surface area contributed by atoms with Crippen LogP contribution in [0.5, 0.6) is 0 Å².